The molecule has 0 unspecified atom stereocenters. The van der Waals surface area contributed by atoms with Gasteiger partial charge in [-0.25, -0.2) is 0 Å². The van der Waals surface area contributed by atoms with Crippen LogP contribution >= 0.6 is 0 Å². The van der Waals surface area contributed by atoms with Crippen LogP contribution in [0.1, 0.15) is 26.7 Å². The summed E-state index contributed by atoms with van der Waals surface area (Å²) in [5.74, 6) is 0.312. The van der Waals surface area contributed by atoms with E-state index in [0.29, 0.717) is 5.92 Å². The first-order chi connectivity index (χ1) is 5.52. The van der Waals surface area contributed by atoms with Crippen molar-refractivity contribution in [1.82, 2.24) is 0 Å². The third-order valence-corrected chi connectivity index (χ3v) is 2.96. The van der Waals surface area contributed by atoms with Gasteiger partial charge in [-0.3, -0.25) is 0 Å². The van der Waals surface area contributed by atoms with Gasteiger partial charge in [-0.2, -0.15) is 0 Å². The molecule has 1 saturated carbocycles. The maximum Gasteiger partial charge on any atom is 0.0596 e. The Morgan fingerprint density at radius 3 is 2.00 bits per heavy atom. The van der Waals surface area contributed by atoms with Crippen molar-refractivity contribution in [1.29, 1.82) is 0 Å². The lowest BCUT2D eigenvalue weighted by Crippen LogP contribution is -2.38. The number of allylic oxidation sites excluding steroid dienone is 1. The van der Waals surface area contributed by atoms with Crippen molar-refractivity contribution in [3.05, 3.63) is 12.2 Å². The number of hydrogen-bond donors (Lipinski definition) is 2. The standard InChI is InChI=1S/C10H18O2/c1-6(2)8-4-9(11)7(3)10(12)5-8/h7-12H,1,4-5H2,2-3H3/t7?,8?,9-,10-/m0/s1. The Bertz CT molecular complexity index is 165. The smallest absolute Gasteiger partial charge is 0.0596 e. The van der Waals surface area contributed by atoms with Crippen LogP contribution < -0.4 is 0 Å². The minimum absolute atomic E-state index is 0.0144. The van der Waals surface area contributed by atoms with E-state index in [2.05, 4.69) is 6.58 Å². The van der Waals surface area contributed by atoms with Crippen LogP contribution in [0.5, 0.6) is 0 Å². The summed E-state index contributed by atoms with van der Waals surface area (Å²) >= 11 is 0. The van der Waals surface area contributed by atoms with Gasteiger partial charge < -0.3 is 10.2 Å². The molecule has 2 nitrogen and oxygen atoms in total. The van der Waals surface area contributed by atoms with Crippen molar-refractivity contribution in [3.63, 3.8) is 0 Å². The minimum Gasteiger partial charge on any atom is -0.393 e. The highest BCUT2D eigenvalue weighted by Gasteiger charge is 2.32. The van der Waals surface area contributed by atoms with E-state index in [0.717, 1.165) is 18.4 Å². The topological polar surface area (TPSA) is 40.5 Å². The van der Waals surface area contributed by atoms with Crippen molar-refractivity contribution >= 4 is 0 Å². The molecule has 70 valence electrons. The van der Waals surface area contributed by atoms with Crippen molar-refractivity contribution in [2.45, 2.75) is 38.9 Å². The second-order valence-electron chi connectivity index (χ2n) is 4.01. The lowest BCUT2D eigenvalue weighted by Gasteiger charge is -2.35. The van der Waals surface area contributed by atoms with Gasteiger partial charge in [-0.05, 0) is 25.7 Å². The van der Waals surface area contributed by atoms with E-state index in [-0.39, 0.29) is 18.1 Å². The Morgan fingerprint density at radius 2 is 1.67 bits per heavy atom. The van der Waals surface area contributed by atoms with Gasteiger partial charge >= 0.3 is 0 Å². The Hall–Kier alpha value is -0.340. The number of aliphatic hydroxyl groups excluding tert-OH is 2. The Morgan fingerprint density at radius 1 is 1.25 bits per heavy atom. The zero-order valence-electron chi connectivity index (χ0n) is 7.83. The summed E-state index contributed by atoms with van der Waals surface area (Å²) in [6.45, 7) is 7.70. The molecule has 0 radical (unpaired) electrons. The molecule has 0 heterocycles. The largest absolute Gasteiger partial charge is 0.393 e. The molecule has 0 aromatic rings. The van der Waals surface area contributed by atoms with Crippen LogP contribution in [0, 0.1) is 11.8 Å². The highest BCUT2D eigenvalue weighted by molar-refractivity contribution is 5.01. The minimum atomic E-state index is -0.365. The van der Waals surface area contributed by atoms with Gasteiger partial charge in [0, 0.05) is 5.92 Å². The third kappa shape index (κ3) is 1.87. The lowest BCUT2D eigenvalue weighted by molar-refractivity contribution is -0.0300. The van der Waals surface area contributed by atoms with Gasteiger partial charge in [0.05, 0.1) is 12.2 Å². The van der Waals surface area contributed by atoms with Gasteiger partial charge in [-0.15, -0.1) is 0 Å². The molecular formula is C10H18O2. The normalized spacial score (nSPS) is 42.7. The van der Waals surface area contributed by atoms with E-state index in [1.165, 1.54) is 0 Å². The Labute approximate surface area is 73.9 Å². The molecular weight excluding hydrogens is 152 g/mol. The molecule has 1 rings (SSSR count). The predicted octanol–water partition coefficient (Wildman–Crippen LogP) is 1.33. The summed E-state index contributed by atoms with van der Waals surface area (Å²) in [6.07, 6.45) is 0.784. The molecule has 0 amide bonds. The van der Waals surface area contributed by atoms with E-state index in [1.54, 1.807) is 0 Å². The summed E-state index contributed by atoms with van der Waals surface area (Å²) in [6, 6.07) is 0. The highest BCUT2D eigenvalue weighted by Crippen LogP contribution is 2.32. The van der Waals surface area contributed by atoms with Crippen LogP contribution in [0.15, 0.2) is 12.2 Å². The first-order valence-electron chi connectivity index (χ1n) is 4.54. The van der Waals surface area contributed by atoms with Gasteiger partial charge in [0.25, 0.3) is 0 Å². The first kappa shape index (κ1) is 9.75. The van der Waals surface area contributed by atoms with E-state index < -0.39 is 0 Å². The van der Waals surface area contributed by atoms with Crippen LogP contribution in [0.25, 0.3) is 0 Å². The van der Waals surface area contributed by atoms with Crippen LogP contribution in [0.3, 0.4) is 0 Å². The summed E-state index contributed by atoms with van der Waals surface area (Å²) in [5, 5.41) is 19.1. The predicted molar refractivity (Wildman–Crippen MR) is 48.7 cm³/mol. The number of aliphatic hydroxyl groups is 2. The van der Waals surface area contributed by atoms with Crippen LogP contribution in [-0.2, 0) is 0 Å². The Balaban J connectivity index is 2.59. The van der Waals surface area contributed by atoms with E-state index in [1.807, 2.05) is 13.8 Å². The molecule has 2 atom stereocenters. The van der Waals surface area contributed by atoms with Gasteiger partial charge in [0.2, 0.25) is 0 Å². The van der Waals surface area contributed by atoms with Crippen LogP contribution in [-0.4, -0.2) is 22.4 Å². The third-order valence-electron chi connectivity index (χ3n) is 2.96. The summed E-state index contributed by atoms with van der Waals surface area (Å²) in [7, 11) is 0. The lowest BCUT2D eigenvalue weighted by atomic mass is 9.76. The Kier molecular flexibility index (Phi) is 2.91. The van der Waals surface area contributed by atoms with E-state index >= 15 is 0 Å². The van der Waals surface area contributed by atoms with Gasteiger partial charge in [0.15, 0.2) is 0 Å². The van der Waals surface area contributed by atoms with E-state index in [4.69, 9.17) is 0 Å². The average molecular weight is 170 g/mol. The quantitative estimate of drug-likeness (QED) is 0.583. The average Bonchev–Trinajstić information content (AvgIpc) is 1.99. The molecule has 12 heavy (non-hydrogen) atoms. The monoisotopic (exact) mass is 170 g/mol. The highest BCUT2D eigenvalue weighted by atomic mass is 16.3. The zero-order valence-corrected chi connectivity index (χ0v) is 7.83. The number of rotatable bonds is 1. The number of hydrogen-bond acceptors (Lipinski definition) is 2. The molecule has 0 aromatic heterocycles. The molecule has 2 N–H and O–H groups in total. The molecule has 2 heteroatoms. The molecule has 0 bridgehead atoms. The fourth-order valence-electron chi connectivity index (χ4n) is 1.77. The molecule has 0 saturated heterocycles. The van der Waals surface area contributed by atoms with E-state index in [9.17, 15) is 10.2 Å². The maximum absolute atomic E-state index is 9.57. The fraction of sp³-hybridized carbons (Fsp3) is 0.800. The van der Waals surface area contributed by atoms with Crippen LogP contribution in [0.4, 0.5) is 0 Å². The fourth-order valence-corrected chi connectivity index (χ4v) is 1.77. The zero-order chi connectivity index (χ0) is 9.30. The van der Waals surface area contributed by atoms with Crippen molar-refractivity contribution in [2.24, 2.45) is 11.8 Å². The summed E-state index contributed by atoms with van der Waals surface area (Å²) in [5.41, 5.74) is 1.07. The molecule has 1 aliphatic rings. The molecule has 0 aromatic carbocycles. The van der Waals surface area contributed by atoms with Gasteiger partial charge in [0.1, 0.15) is 0 Å². The SMILES string of the molecule is C=C(C)C1C[C@H](O)C(C)[C@@H](O)C1. The van der Waals surface area contributed by atoms with Crippen LogP contribution in [0.2, 0.25) is 0 Å². The van der Waals surface area contributed by atoms with Crippen molar-refractivity contribution in [3.8, 4) is 0 Å². The van der Waals surface area contributed by atoms with Crippen molar-refractivity contribution < 1.29 is 10.2 Å². The molecule has 1 aliphatic carbocycles. The second-order valence-corrected chi connectivity index (χ2v) is 4.01. The molecule has 1 fully saturated rings. The first-order valence-corrected chi connectivity index (χ1v) is 4.54. The molecule has 0 aliphatic heterocycles. The maximum atomic E-state index is 9.57. The van der Waals surface area contributed by atoms with Crippen molar-refractivity contribution in [2.75, 3.05) is 0 Å². The molecule has 0 spiro atoms. The summed E-state index contributed by atoms with van der Waals surface area (Å²) in [4.78, 5) is 0. The second kappa shape index (κ2) is 3.58. The summed E-state index contributed by atoms with van der Waals surface area (Å²) < 4.78 is 0. The van der Waals surface area contributed by atoms with Gasteiger partial charge in [-0.1, -0.05) is 19.1 Å².